The van der Waals surface area contributed by atoms with Crippen LogP contribution in [0, 0.1) is 6.92 Å². The normalized spacial score (nSPS) is 10.6. The van der Waals surface area contributed by atoms with E-state index in [2.05, 4.69) is 20.2 Å². The van der Waals surface area contributed by atoms with E-state index in [0.717, 1.165) is 17.9 Å². The molecule has 30 heavy (non-hydrogen) atoms. The SMILES string of the molecule is Cc1nccn1Cc1ccc(NC(=O)c2cccc(NC(=O)c3ccco3)c2)cc1. The van der Waals surface area contributed by atoms with Crippen LogP contribution in [0.3, 0.4) is 0 Å². The summed E-state index contributed by atoms with van der Waals surface area (Å²) in [5, 5.41) is 5.59. The molecule has 2 aromatic carbocycles. The molecule has 0 aliphatic rings. The van der Waals surface area contributed by atoms with E-state index < -0.39 is 0 Å². The number of aryl methyl sites for hydroxylation is 1. The number of imidazole rings is 1. The Morgan fingerprint density at radius 3 is 2.47 bits per heavy atom. The van der Waals surface area contributed by atoms with Crippen molar-refractivity contribution in [3.8, 4) is 0 Å². The lowest BCUT2D eigenvalue weighted by Gasteiger charge is -2.09. The smallest absolute Gasteiger partial charge is 0.291 e. The van der Waals surface area contributed by atoms with Gasteiger partial charge in [0, 0.05) is 35.9 Å². The van der Waals surface area contributed by atoms with Crippen molar-refractivity contribution < 1.29 is 14.0 Å². The molecule has 2 aromatic heterocycles. The predicted octanol–water partition coefficient (Wildman–Crippen LogP) is 4.34. The molecule has 0 saturated heterocycles. The van der Waals surface area contributed by atoms with Crippen molar-refractivity contribution in [2.45, 2.75) is 13.5 Å². The number of carbonyl (C=O) groups excluding carboxylic acids is 2. The van der Waals surface area contributed by atoms with E-state index in [0.29, 0.717) is 16.9 Å². The van der Waals surface area contributed by atoms with Gasteiger partial charge in [0.2, 0.25) is 0 Å². The minimum absolute atomic E-state index is 0.204. The number of hydrogen-bond donors (Lipinski definition) is 2. The molecule has 0 aliphatic carbocycles. The van der Waals surface area contributed by atoms with Crippen molar-refractivity contribution in [2.24, 2.45) is 0 Å². The van der Waals surface area contributed by atoms with Gasteiger partial charge in [-0.05, 0) is 55.0 Å². The van der Waals surface area contributed by atoms with Gasteiger partial charge in [0.25, 0.3) is 11.8 Å². The third-order valence-corrected chi connectivity index (χ3v) is 4.62. The van der Waals surface area contributed by atoms with Gasteiger partial charge in [0.05, 0.1) is 6.26 Å². The Hall–Kier alpha value is -4.13. The van der Waals surface area contributed by atoms with Gasteiger partial charge >= 0.3 is 0 Å². The van der Waals surface area contributed by atoms with Crippen LogP contribution in [0.15, 0.2) is 83.7 Å². The van der Waals surface area contributed by atoms with Crippen LogP contribution in [0.25, 0.3) is 0 Å². The van der Waals surface area contributed by atoms with E-state index in [9.17, 15) is 9.59 Å². The standard InChI is InChI=1S/C23H20N4O3/c1-16-24-11-12-27(16)15-17-7-9-19(10-8-17)25-22(28)18-4-2-5-20(14-18)26-23(29)21-6-3-13-30-21/h2-14H,15H2,1H3,(H,25,28)(H,26,29). The van der Waals surface area contributed by atoms with Crippen LogP contribution >= 0.6 is 0 Å². The molecular formula is C23H20N4O3. The van der Waals surface area contributed by atoms with Gasteiger partial charge in [-0.1, -0.05) is 18.2 Å². The first kappa shape index (κ1) is 19.2. The first-order chi connectivity index (χ1) is 14.6. The van der Waals surface area contributed by atoms with Crippen molar-refractivity contribution in [1.82, 2.24) is 9.55 Å². The average molecular weight is 400 g/mol. The molecule has 0 atom stereocenters. The van der Waals surface area contributed by atoms with Gasteiger partial charge in [-0.2, -0.15) is 0 Å². The molecule has 0 aliphatic heterocycles. The van der Waals surface area contributed by atoms with Crippen molar-refractivity contribution in [3.05, 3.63) is 102 Å². The largest absolute Gasteiger partial charge is 0.459 e. The Labute approximate surface area is 173 Å². The van der Waals surface area contributed by atoms with E-state index in [1.807, 2.05) is 37.4 Å². The molecule has 2 heterocycles. The van der Waals surface area contributed by atoms with E-state index in [4.69, 9.17) is 4.42 Å². The molecule has 0 fully saturated rings. The molecule has 2 amide bonds. The summed E-state index contributed by atoms with van der Waals surface area (Å²) in [6, 6.07) is 17.6. The molecular weight excluding hydrogens is 380 g/mol. The van der Waals surface area contributed by atoms with Crippen molar-refractivity contribution in [1.29, 1.82) is 0 Å². The van der Waals surface area contributed by atoms with Crippen LogP contribution in [-0.2, 0) is 6.54 Å². The van der Waals surface area contributed by atoms with E-state index in [1.54, 1.807) is 42.6 Å². The highest BCUT2D eigenvalue weighted by molar-refractivity contribution is 6.06. The van der Waals surface area contributed by atoms with Crippen LogP contribution in [0.2, 0.25) is 0 Å². The lowest BCUT2D eigenvalue weighted by molar-refractivity contribution is 0.0993. The maximum atomic E-state index is 12.6. The summed E-state index contributed by atoms with van der Waals surface area (Å²) < 4.78 is 7.13. The van der Waals surface area contributed by atoms with Gasteiger partial charge in [-0.25, -0.2) is 4.98 Å². The molecule has 0 unspecified atom stereocenters. The first-order valence-electron chi connectivity index (χ1n) is 9.41. The predicted molar refractivity (Wildman–Crippen MR) is 114 cm³/mol. The fourth-order valence-electron chi connectivity index (χ4n) is 3.00. The molecule has 0 saturated carbocycles. The Kier molecular flexibility index (Phi) is 5.43. The summed E-state index contributed by atoms with van der Waals surface area (Å²) in [6.07, 6.45) is 5.14. The zero-order chi connectivity index (χ0) is 20.9. The highest BCUT2D eigenvalue weighted by Gasteiger charge is 2.11. The van der Waals surface area contributed by atoms with Crippen LogP contribution in [-0.4, -0.2) is 21.4 Å². The molecule has 7 nitrogen and oxygen atoms in total. The first-order valence-corrected chi connectivity index (χ1v) is 9.41. The van der Waals surface area contributed by atoms with E-state index in [-0.39, 0.29) is 17.6 Å². The summed E-state index contributed by atoms with van der Waals surface area (Å²) in [5.41, 5.74) is 2.74. The number of nitrogens with zero attached hydrogens (tertiary/aromatic N) is 2. The van der Waals surface area contributed by atoms with Gasteiger partial charge < -0.3 is 19.6 Å². The summed E-state index contributed by atoms with van der Waals surface area (Å²) in [6.45, 7) is 2.68. The quantitative estimate of drug-likeness (QED) is 0.504. The Bertz CT molecular complexity index is 1160. The number of carbonyl (C=O) groups is 2. The van der Waals surface area contributed by atoms with Gasteiger partial charge in [-0.15, -0.1) is 0 Å². The molecule has 0 bridgehead atoms. The molecule has 0 radical (unpaired) electrons. The number of furan rings is 1. The highest BCUT2D eigenvalue weighted by Crippen LogP contribution is 2.16. The monoisotopic (exact) mass is 400 g/mol. The average Bonchev–Trinajstić information content (AvgIpc) is 3.42. The minimum atomic E-state index is -0.374. The molecule has 150 valence electrons. The third-order valence-electron chi connectivity index (χ3n) is 4.62. The Morgan fingerprint density at radius 2 is 1.77 bits per heavy atom. The number of benzene rings is 2. The Balaban J connectivity index is 1.40. The Morgan fingerprint density at radius 1 is 0.967 bits per heavy atom. The number of hydrogen-bond acceptors (Lipinski definition) is 4. The second-order valence-electron chi connectivity index (χ2n) is 6.77. The number of amides is 2. The van der Waals surface area contributed by atoms with Crippen molar-refractivity contribution in [3.63, 3.8) is 0 Å². The topological polar surface area (TPSA) is 89.2 Å². The fraction of sp³-hybridized carbons (Fsp3) is 0.0870. The number of anilines is 2. The highest BCUT2D eigenvalue weighted by atomic mass is 16.3. The minimum Gasteiger partial charge on any atom is -0.459 e. The molecule has 0 spiro atoms. The summed E-state index contributed by atoms with van der Waals surface area (Å²) in [7, 11) is 0. The van der Waals surface area contributed by atoms with Gasteiger partial charge in [0.1, 0.15) is 5.82 Å². The van der Waals surface area contributed by atoms with E-state index in [1.165, 1.54) is 6.26 Å². The van der Waals surface area contributed by atoms with E-state index >= 15 is 0 Å². The summed E-state index contributed by atoms with van der Waals surface area (Å²) in [5.74, 6) is 0.519. The zero-order valence-corrected chi connectivity index (χ0v) is 16.3. The maximum absolute atomic E-state index is 12.6. The molecule has 4 rings (SSSR count). The molecule has 7 heteroatoms. The fourth-order valence-corrected chi connectivity index (χ4v) is 3.00. The number of rotatable bonds is 6. The van der Waals surface area contributed by atoms with Crippen molar-refractivity contribution in [2.75, 3.05) is 10.6 Å². The third kappa shape index (κ3) is 4.47. The maximum Gasteiger partial charge on any atom is 0.291 e. The van der Waals surface area contributed by atoms with Crippen LogP contribution in [0.4, 0.5) is 11.4 Å². The molecule has 4 aromatic rings. The van der Waals surface area contributed by atoms with Gasteiger partial charge in [-0.3, -0.25) is 9.59 Å². The lowest BCUT2D eigenvalue weighted by Crippen LogP contribution is -2.14. The number of aromatic nitrogens is 2. The summed E-state index contributed by atoms with van der Waals surface area (Å²) in [4.78, 5) is 28.9. The summed E-state index contributed by atoms with van der Waals surface area (Å²) >= 11 is 0. The lowest BCUT2D eigenvalue weighted by atomic mass is 10.1. The second-order valence-corrected chi connectivity index (χ2v) is 6.77. The van der Waals surface area contributed by atoms with Crippen LogP contribution < -0.4 is 10.6 Å². The second kappa shape index (κ2) is 8.48. The zero-order valence-electron chi connectivity index (χ0n) is 16.3. The van der Waals surface area contributed by atoms with Crippen LogP contribution in [0.5, 0.6) is 0 Å². The number of nitrogens with one attached hydrogen (secondary N) is 2. The van der Waals surface area contributed by atoms with Gasteiger partial charge in [0.15, 0.2) is 5.76 Å². The van der Waals surface area contributed by atoms with Crippen molar-refractivity contribution >= 4 is 23.2 Å². The van der Waals surface area contributed by atoms with Crippen LogP contribution in [0.1, 0.15) is 32.3 Å². The molecule has 2 N–H and O–H groups in total.